The quantitative estimate of drug-likeness (QED) is 0.637. The van der Waals surface area contributed by atoms with Gasteiger partial charge in [0, 0.05) is 13.5 Å². The summed E-state index contributed by atoms with van der Waals surface area (Å²) in [6, 6.07) is 7.40. The Labute approximate surface area is 173 Å². The molecule has 8 nitrogen and oxygen atoms in total. The number of amides is 1. The molecule has 3 heterocycles. The van der Waals surface area contributed by atoms with E-state index in [1.165, 1.54) is 6.33 Å². The van der Waals surface area contributed by atoms with Gasteiger partial charge >= 0.3 is 0 Å². The molecule has 1 aliphatic rings. The van der Waals surface area contributed by atoms with Crippen molar-refractivity contribution in [2.75, 3.05) is 11.4 Å². The summed E-state index contributed by atoms with van der Waals surface area (Å²) in [7, 11) is 0. The van der Waals surface area contributed by atoms with Crippen LogP contribution in [0.3, 0.4) is 0 Å². The van der Waals surface area contributed by atoms with Gasteiger partial charge in [0.05, 0.1) is 12.1 Å². The first-order valence-corrected chi connectivity index (χ1v) is 9.93. The van der Waals surface area contributed by atoms with E-state index in [1.807, 2.05) is 29.2 Å². The molecule has 1 amide bonds. The second kappa shape index (κ2) is 8.56. The lowest BCUT2D eigenvalue weighted by atomic mass is 10.0. The van der Waals surface area contributed by atoms with Gasteiger partial charge in [0.2, 0.25) is 17.7 Å². The molecule has 1 saturated heterocycles. The summed E-state index contributed by atoms with van der Waals surface area (Å²) in [6.45, 7) is 2.40. The number of primary amides is 1. The summed E-state index contributed by atoms with van der Waals surface area (Å²) in [5, 5.41) is 7.99. The Kier molecular flexibility index (Phi) is 5.69. The fourth-order valence-corrected chi connectivity index (χ4v) is 3.78. The van der Waals surface area contributed by atoms with Crippen molar-refractivity contribution in [3.63, 3.8) is 0 Å². The number of nitrogens with zero attached hydrogens (tertiary/aromatic N) is 5. The van der Waals surface area contributed by atoms with Crippen LogP contribution in [-0.2, 0) is 24.1 Å². The maximum absolute atomic E-state index is 15.2. The zero-order chi connectivity index (χ0) is 21.1. The lowest BCUT2D eigenvalue weighted by molar-refractivity contribution is -0.117. The van der Waals surface area contributed by atoms with Gasteiger partial charge in [-0.2, -0.15) is 0 Å². The van der Waals surface area contributed by atoms with Crippen LogP contribution in [0.25, 0.3) is 0 Å². The molecule has 3 aromatic rings. The standard InChI is InChI=1S/C21H23FN6O2/c1-13-26-27-21(30-13)17-3-2-10-28(17)20-19(22)16(24-12-25-20)9-8-14-4-6-15(7-5-14)11-18(23)29/h4-7,12,17H,2-3,8-11H2,1H3,(H2,23,29). The molecule has 1 unspecified atom stereocenters. The van der Waals surface area contributed by atoms with E-state index in [-0.39, 0.29) is 24.2 Å². The van der Waals surface area contributed by atoms with Crippen molar-refractivity contribution in [2.24, 2.45) is 5.73 Å². The summed E-state index contributed by atoms with van der Waals surface area (Å²) >= 11 is 0. The highest BCUT2D eigenvalue weighted by atomic mass is 19.1. The number of hydrogen-bond donors (Lipinski definition) is 1. The van der Waals surface area contributed by atoms with E-state index < -0.39 is 5.82 Å². The van der Waals surface area contributed by atoms with Gasteiger partial charge in [-0.05, 0) is 36.8 Å². The maximum Gasteiger partial charge on any atom is 0.238 e. The number of anilines is 1. The molecule has 156 valence electrons. The fourth-order valence-electron chi connectivity index (χ4n) is 3.78. The third kappa shape index (κ3) is 4.29. The summed E-state index contributed by atoms with van der Waals surface area (Å²) < 4.78 is 20.8. The number of aryl methyl sites for hydroxylation is 3. The van der Waals surface area contributed by atoms with Crippen LogP contribution < -0.4 is 10.6 Å². The number of carbonyl (C=O) groups excluding carboxylic acids is 1. The molecule has 1 aliphatic heterocycles. The van der Waals surface area contributed by atoms with Crippen LogP contribution in [0, 0.1) is 12.7 Å². The smallest absolute Gasteiger partial charge is 0.238 e. The second-order valence-electron chi connectivity index (χ2n) is 7.43. The van der Waals surface area contributed by atoms with Crippen LogP contribution in [0.15, 0.2) is 35.0 Å². The Morgan fingerprint density at radius 2 is 1.97 bits per heavy atom. The largest absolute Gasteiger partial charge is 0.423 e. The first kappa shape index (κ1) is 19.9. The van der Waals surface area contributed by atoms with E-state index in [2.05, 4.69) is 20.2 Å². The molecule has 0 aliphatic carbocycles. The molecule has 1 fully saturated rings. The molecular formula is C21H23FN6O2. The van der Waals surface area contributed by atoms with Gasteiger partial charge in [-0.1, -0.05) is 24.3 Å². The van der Waals surface area contributed by atoms with Gasteiger partial charge in [0.15, 0.2) is 11.6 Å². The van der Waals surface area contributed by atoms with Gasteiger partial charge in [0.1, 0.15) is 12.4 Å². The van der Waals surface area contributed by atoms with Crippen LogP contribution in [0.4, 0.5) is 10.2 Å². The van der Waals surface area contributed by atoms with Crippen molar-refractivity contribution in [3.8, 4) is 0 Å². The van der Waals surface area contributed by atoms with Crippen molar-refractivity contribution < 1.29 is 13.6 Å². The van der Waals surface area contributed by atoms with E-state index in [4.69, 9.17) is 10.2 Å². The van der Waals surface area contributed by atoms with Gasteiger partial charge in [-0.3, -0.25) is 4.79 Å². The van der Waals surface area contributed by atoms with Crippen LogP contribution in [0.1, 0.15) is 47.5 Å². The minimum atomic E-state index is -0.411. The molecule has 1 atom stereocenters. The highest BCUT2D eigenvalue weighted by Crippen LogP contribution is 2.36. The lowest BCUT2D eigenvalue weighted by Gasteiger charge is -2.23. The lowest BCUT2D eigenvalue weighted by Crippen LogP contribution is -2.25. The summed E-state index contributed by atoms with van der Waals surface area (Å²) in [4.78, 5) is 21.3. The molecular weight excluding hydrogens is 387 g/mol. The maximum atomic E-state index is 15.2. The number of aromatic nitrogens is 4. The second-order valence-corrected chi connectivity index (χ2v) is 7.43. The average Bonchev–Trinajstić information content (AvgIpc) is 3.37. The molecule has 0 saturated carbocycles. The van der Waals surface area contributed by atoms with Crippen LogP contribution in [0.2, 0.25) is 0 Å². The number of hydrogen-bond acceptors (Lipinski definition) is 7. The number of benzene rings is 1. The Morgan fingerprint density at radius 3 is 2.67 bits per heavy atom. The highest BCUT2D eigenvalue weighted by molar-refractivity contribution is 5.76. The minimum Gasteiger partial charge on any atom is -0.423 e. The average molecular weight is 410 g/mol. The van der Waals surface area contributed by atoms with E-state index >= 15 is 4.39 Å². The summed E-state index contributed by atoms with van der Waals surface area (Å²) in [5.74, 6) is 0.471. The van der Waals surface area contributed by atoms with Crippen molar-refractivity contribution >= 4 is 11.7 Å². The summed E-state index contributed by atoms with van der Waals surface area (Å²) in [6.07, 6.45) is 4.37. The van der Waals surface area contributed by atoms with Crippen LogP contribution in [0.5, 0.6) is 0 Å². The number of nitrogens with two attached hydrogens (primary N) is 1. The topological polar surface area (TPSA) is 111 Å². The van der Waals surface area contributed by atoms with Crippen LogP contribution in [-0.4, -0.2) is 32.6 Å². The number of halogens is 1. The first-order chi connectivity index (χ1) is 14.5. The predicted molar refractivity (Wildman–Crippen MR) is 107 cm³/mol. The number of rotatable bonds is 7. The van der Waals surface area contributed by atoms with Crippen molar-refractivity contribution in [1.82, 2.24) is 20.2 Å². The Morgan fingerprint density at radius 1 is 1.20 bits per heavy atom. The Balaban J connectivity index is 1.48. The van der Waals surface area contributed by atoms with E-state index in [0.29, 0.717) is 36.9 Å². The molecule has 2 aromatic heterocycles. The highest BCUT2D eigenvalue weighted by Gasteiger charge is 2.33. The zero-order valence-corrected chi connectivity index (χ0v) is 16.7. The summed E-state index contributed by atoms with van der Waals surface area (Å²) in [5.41, 5.74) is 7.47. The van der Waals surface area contributed by atoms with Crippen molar-refractivity contribution in [2.45, 2.75) is 45.1 Å². The van der Waals surface area contributed by atoms with Crippen molar-refractivity contribution in [3.05, 3.63) is 65.0 Å². The van der Waals surface area contributed by atoms with Crippen LogP contribution >= 0.6 is 0 Å². The minimum absolute atomic E-state index is 0.179. The molecule has 0 spiro atoms. The van der Waals surface area contributed by atoms with Gasteiger partial charge in [0.25, 0.3) is 0 Å². The van der Waals surface area contributed by atoms with E-state index in [1.54, 1.807) is 6.92 Å². The zero-order valence-electron chi connectivity index (χ0n) is 16.7. The molecule has 9 heteroatoms. The molecule has 2 N–H and O–H groups in total. The SMILES string of the molecule is Cc1nnc(C2CCCN2c2ncnc(CCc3ccc(CC(N)=O)cc3)c2F)o1. The van der Waals surface area contributed by atoms with E-state index in [9.17, 15) is 4.79 Å². The van der Waals surface area contributed by atoms with Gasteiger partial charge in [-0.25, -0.2) is 14.4 Å². The molecule has 4 rings (SSSR count). The monoisotopic (exact) mass is 410 g/mol. The van der Waals surface area contributed by atoms with E-state index in [0.717, 1.165) is 24.0 Å². The Bertz CT molecular complexity index is 1040. The predicted octanol–water partition coefficient (Wildman–Crippen LogP) is 2.46. The first-order valence-electron chi connectivity index (χ1n) is 9.93. The molecule has 30 heavy (non-hydrogen) atoms. The normalized spacial score (nSPS) is 16.2. The molecule has 1 aromatic carbocycles. The molecule has 0 bridgehead atoms. The third-order valence-electron chi connectivity index (χ3n) is 5.25. The molecule has 0 radical (unpaired) electrons. The van der Waals surface area contributed by atoms with Crippen molar-refractivity contribution in [1.29, 1.82) is 0 Å². The third-order valence-corrected chi connectivity index (χ3v) is 5.25. The number of carbonyl (C=O) groups is 1. The fraction of sp³-hybridized carbons (Fsp3) is 0.381. The van der Waals surface area contributed by atoms with Gasteiger partial charge < -0.3 is 15.1 Å². The Hall–Kier alpha value is -3.36. The van der Waals surface area contributed by atoms with Gasteiger partial charge in [-0.15, -0.1) is 10.2 Å².